The standard InChI is InChI=1S/C89H130N20O19S2/c1-48(2)40-63(75(94)116)100-80(121)67(45-69(92)114)102-76(117)62(27-16-20-38-96-52(6)112)106-86(127)89(12,34-17-18-35-90)109-82(123)65(43-55-28-31-56-23-13-14-24-57(56)41-55)101-78(119)64(42-54-29-32-59(33-30-54)128-39-36-91)104-85(126)74-88(10,11)130-129-87(8,9)73(98-53(7)113)84(125)105-68(46-70(93)115)81(122)107-72(50(4)110)83(124)103-66(44-58-47-97-71-49(3)22-21-25-60(58)71)79(120)99-61(77(118)108-74)26-15-19-37-95-51(5)111/h13-14,21-25,28-33,41,47-48,50,61-68,72-74,97,110H,15-20,26-27,34-40,42-46,90-91H2,1-12H3,(H2,92,114)(H2,93,115)(H2,94,116)(H,95,111)(H,96,112)(H,98,113)(H,99,120)(H,100,121)(H,101,119)(H,102,117)(H,103,124)(H,104,126)(H,105,125)(H,106,127)(H,107,122)(H,108,118)(H,109,123)/t50-,61+,62+,63?,64+,65+,66+,67+,68+,72+,73-,74-,89+/m1/s1. The number of amides is 17. The van der Waals surface area contributed by atoms with Crippen LogP contribution in [0.5, 0.6) is 5.75 Å². The number of aliphatic hydroxyl groups is 1. The fraction of sp³-hybridized carbons (Fsp3) is 0.539. The van der Waals surface area contributed by atoms with E-state index in [9.17, 15) is 57.8 Å². The number of para-hydroxylation sites is 1. The molecule has 1 aliphatic heterocycles. The topological polar surface area (TPSA) is 634 Å². The van der Waals surface area contributed by atoms with Gasteiger partial charge >= 0.3 is 0 Å². The molecule has 4 aromatic carbocycles. The summed E-state index contributed by atoms with van der Waals surface area (Å²) >= 11 is 0. The van der Waals surface area contributed by atoms with E-state index in [1.807, 2.05) is 31.2 Å². The molecule has 13 atom stereocenters. The van der Waals surface area contributed by atoms with Crippen molar-refractivity contribution in [3.8, 4) is 5.75 Å². The van der Waals surface area contributed by atoms with Gasteiger partial charge < -0.3 is 118 Å². The van der Waals surface area contributed by atoms with Crippen molar-refractivity contribution in [3.63, 3.8) is 0 Å². The summed E-state index contributed by atoms with van der Waals surface area (Å²) in [6.07, 6.45) is -2.04. The molecule has 0 radical (unpaired) electrons. The van der Waals surface area contributed by atoms with Crippen molar-refractivity contribution in [2.24, 2.45) is 34.6 Å². The Hall–Kier alpha value is -11.9. The average Bonchev–Trinajstić information content (AvgIpc) is 1.42. The Morgan fingerprint density at radius 1 is 0.562 bits per heavy atom. The minimum atomic E-state index is -2.02. The third kappa shape index (κ3) is 33.8. The maximum absolute atomic E-state index is 16.4. The van der Waals surface area contributed by atoms with E-state index < -0.39 is 189 Å². The second kappa shape index (κ2) is 50.9. The summed E-state index contributed by atoms with van der Waals surface area (Å²) in [5, 5.41) is 51.0. The second-order valence-corrected chi connectivity index (χ2v) is 37.9. The molecule has 130 heavy (non-hydrogen) atoms. The van der Waals surface area contributed by atoms with Gasteiger partial charge in [0.15, 0.2) is 0 Å². The highest BCUT2D eigenvalue weighted by Gasteiger charge is 2.47. The summed E-state index contributed by atoms with van der Waals surface area (Å²) in [6.45, 7) is 18.4. The number of nitrogens with two attached hydrogens (primary N) is 5. The summed E-state index contributed by atoms with van der Waals surface area (Å²) < 4.78 is 2.58. The zero-order valence-electron chi connectivity index (χ0n) is 75.8. The Morgan fingerprint density at radius 2 is 1.14 bits per heavy atom. The van der Waals surface area contributed by atoms with Gasteiger partial charge in [0.2, 0.25) is 100 Å². The van der Waals surface area contributed by atoms with Crippen LogP contribution in [0, 0.1) is 12.8 Å². The molecule has 6 rings (SSSR count). The molecule has 41 heteroatoms. The van der Waals surface area contributed by atoms with E-state index in [-0.39, 0.29) is 128 Å². The minimum absolute atomic E-state index is 0.0854. The lowest BCUT2D eigenvalue weighted by Crippen LogP contribution is -2.65. The molecule has 1 fully saturated rings. The summed E-state index contributed by atoms with van der Waals surface area (Å²) in [7, 11) is 1.82. The zero-order valence-corrected chi connectivity index (χ0v) is 77.4. The number of carbonyl (C=O) groups is 17. The Kier molecular flexibility index (Phi) is 41.8. The number of nitrogens with one attached hydrogen (secondary N) is 15. The fourth-order valence-corrected chi connectivity index (χ4v) is 17.4. The monoisotopic (exact) mass is 1850 g/mol. The molecule has 5 aromatic rings. The van der Waals surface area contributed by atoms with E-state index >= 15 is 28.8 Å². The molecule has 0 aliphatic carbocycles. The normalized spacial score (nSPS) is 19.3. The maximum atomic E-state index is 16.4. The molecule has 39 nitrogen and oxygen atoms in total. The van der Waals surface area contributed by atoms with Gasteiger partial charge in [-0.2, -0.15) is 0 Å². The number of fused-ring (bicyclic) bond motifs is 2. The van der Waals surface area contributed by atoms with Gasteiger partial charge in [0, 0.05) is 86.3 Å². The van der Waals surface area contributed by atoms with Crippen molar-refractivity contribution < 1.29 is 91.4 Å². The lowest BCUT2D eigenvalue weighted by atomic mass is 9.91. The Labute approximate surface area is 764 Å². The predicted molar refractivity (Wildman–Crippen MR) is 492 cm³/mol. The molecule has 26 N–H and O–H groups in total. The average molecular weight is 1850 g/mol. The molecule has 1 unspecified atom stereocenters. The second-order valence-electron chi connectivity index (χ2n) is 34.4. The van der Waals surface area contributed by atoms with E-state index in [1.54, 1.807) is 80.7 Å². The van der Waals surface area contributed by atoms with Gasteiger partial charge in [-0.1, -0.05) is 108 Å². The van der Waals surface area contributed by atoms with Crippen molar-refractivity contribution in [1.29, 1.82) is 0 Å². The van der Waals surface area contributed by atoms with Crippen LogP contribution in [0.2, 0.25) is 0 Å². The number of primary amides is 3. The summed E-state index contributed by atoms with van der Waals surface area (Å²) in [5.74, 6) is -15.8. The lowest BCUT2D eigenvalue weighted by Gasteiger charge is -2.39. The van der Waals surface area contributed by atoms with Gasteiger partial charge in [0.1, 0.15) is 84.4 Å². The van der Waals surface area contributed by atoms with Crippen molar-refractivity contribution in [1.82, 2.24) is 79.4 Å². The third-order valence-electron chi connectivity index (χ3n) is 21.7. The van der Waals surface area contributed by atoms with E-state index in [0.29, 0.717) is 39.8 Å². The number of hydrogen-bond donors (Lipinski definition) is 21. The minimum Gasteiger partial charge on any atom is -0.492 e. The van der Waals surface area contributed by atoms with Crippen molar-refractivity contribution in [2.75, 3.05) is 32.8 Å². The first-order valence-electron chi connectivity index (χ1n) is 43.4. The van der Waals surface area contributed by atoms with Crippen LogP contribution >= 0.6 is 21.6 Å². The van der Waals surface area contributed by atoms with Crippen LogP contribution in [0.25, 0.3) is 21.7 Å². The molecule has 1 aliphatic rings. The van der Waals surface area contributed by atoms with Gasteiger partial charge in [0.05, 0.1) is 18.9 Å². The molecule has 0 saturated carbocycles. The third-order valence-corrected chi connectivity index (χ3v) is 26.0. The number of benzene rings is 4. The van der Waals surface area contributed by atoms with Gasteiger partial charge in [-0.15, -0.1) is 0 Å². The first-order chi connectivity index (χ1) is 61.2. The number of aliphatic hydroxyl groups excluding tert-OH is 1. The highest BCUT2D eigenvalue weighted by Crippen LogP contribution is 2.47. The van der Waals surface area contributed by atoms with Gasteiger partial charge in [-0.3, -0.25) is 81.5 Å². The molecular formula is C89H130N20O19S2. The SMILES string of the molecule is CC(=O)NCCCC[C@@H]1NC(=O)[C@H](Cc2c[nH]c3c(C)cccc23)NC(=O)[C@H]([C@@H](C)O)NC(=O)[C@H](CC(N)=O)NC(=O)[C@@H](NC(C)=O)C(C)(C)SSC(C)(C)[C@@H](C(=O)N[C@@H](Cc2ccc(OCCN)cc2)C(=O)N[C@@H](Cc2ccc3ccccc3c2)C(=O)N[C@@](C)(CCCCN)C(=O)N[C@@H](CCCCNC(C)=O)C(=O)N[C@@H](CC(N)=O)C(=O)NC(CC(C)C)C(N)=O)NC1=O. The van der Waals surface area contributed by atoms with Crippen molar-refractivity contribution in [3.05, 3.63) is 113 Å². The van der Waals surface area contributed by atoms with E-state index in [0.717, 1.165) is 51.8 Å². The number of carbonyl (C=O) groups excluding carboxylic acids is 17. The van der Waals surface area contributed by atoms with E-state index in [1.165, 1.54) is 48.5 Å². The highest BCUT2D eigenvalue weighted by molar-refractivity contribution is 8.77. The lowest BCUT2D eigenvalue weighted by molar-refractivity contribution is -0.138. The van der Waals surface area contributed by atoms with Gasteiger partial charge in [0.25, 0.3) is 0 Å². The quantitative estimate of drug-likeness (QED) is 0.0174. The van der Waals surface area contributed by atoms with E-state index in [2.05, 4.69) is 79.4 Å². The van der Waals surface area contributed by atoms with Crippen LogP contribution in [0.15, 0.2) is 91.1 Å². The number of rotatable bonds is 44. The number of aryl methyl sites for hydroxylation is 1. The zero-order chi connectivity index (χ0) is 96.5. The molecule has 1 saturated heterocycles. The Morgan fingerprint density at radius 3 is 1.75 bits per heavy atom. The fourth-order valence-electron chi connectivity index (χ4n) is 14.6. The van der Waals surface area contributed by atoms with Crippen molar-refractivity contribution >= 4 is 144 Å². The number of H-pyrrole nitrogens is 1. The molecule has 0 bridgehead atoms. The highest BCUT2D eigenvalue weighted by atomic mass is 33.1. The summed E-state index contributed by atoms with van der Waals surface area (Å²) in [5.41, 5.74) is 29.6. The van der Waals surface area contributed by atoms with E-state index in [4.69, 9.17) is 33.4 Å². The Balaban J connectivity index is 1.54. The molecule has 17 amide bonds. The summed E-state index contributed by atoms with van der Waals surface area (Å²) in [4.78, 5) is 247. The molecular weight excluding hydrogens is 1720 g/mol. The van der Waals surface area contributed by atoms with Gasteiger partial charge in [-0.25, -0.2) is 0 Å². The number of aromatic amines is 1. The van der Waals surface area contributed by atoms with Crippen LogP contribution in [0.1, 0.15) is 175 Å². The summed E-state index contributed by atoms with van der Waals surface area (Å²) in [6, 6.07) is 5.79. The smallest absolute Gasteiger partial charge is 0.246 e. The number of aromatic nitrogens is 1. The maximum Gasteiger partial charge on any atom is 0.246 e. The van der Waals surface area contributed by atoms with Crippen molar-refractivity contribution in [2.45, 2.75) is 267 Å². The number of ether oxygens (including phenoxy) is 1. The predicted octanol–water partition coefficient (Wildman–Crippen LogP) is -0.420. The molecule has 1 aromatic heterocycles. The largest absolute Gasteiger partial charge is 0.492 e. The first kappa shape index (κ1) is 107. The van der Waals surface area contributed by atoms with Crippen LogP contribution < -0.4 is 108 Å². The first-order valence-corrected chi connectivity index (χ1v) is 45.6. The number of unbranched alkanes of at least 4 members (excludes halogenated alkanes) is 3. The molecule has 2 heterocycles. The molecule has 712 valence electrons. The van der Waals surface area contributed by atoms with Crippen LogP contribution in [-0.4, -0.2) is 231 Å². The van der Waals surface area contributed by atoms with Gasteiger partial charge in [-0.05, 0) is 170 Å². The Bertz CT molecular complexity index is 4840. The van der Waals surface area contributed by atoms with Crippen LogP contribution in [-0.2, 0) is 101 Å². The van der Waals surface area contributed by atoms with Crippen LogP contribution in [0.4, 0.5) is 0 Å². The molecule has 0 spiro atoms. The number of hydrogen-bond acceptors (Lipinski definition) is 23. The van der Waals surface area contributed by atoms with Crippen LogP contribution in [0.3, 0.4) is 0 Å².